The lowest BCUT2D eigenvalue weighted by molar-refractivity contribution is 0.0829. The molecule has 3 aromatic rings. The van der Waals surface area contributed by atoms with Gasteiger partial charge < -0.3 is 4.42 Å². The molecule has 0 saturated carbocycles. The highest BCUT2D eigenvalue weighted by molar-refractivity contribution is 6.07. The summed E-state index contributed by atoms with van der Waals surface area (Å²) in [5, 5.41) is 4.34. The first kappa shape index (κ1) is 23.0. The van der Waals surface area contributed by atoms with Gasteiger partial charge in [-0.3, -0.25) is 25.2 Å². The number of fused-ring (bicyclic) bond motifs is 1. The fraction of sp³-hybridized carbons (Fsp3) is 0.231. The van der Waals surface area contributed by atoms with E-state index in [1.54, 1.807) is 31.2 Å². The van der Waals surface area contributed by atoms with Crippen LogP contribution in [0.4, 0.5) is 0 Å². The van der Waals surface area contributed by atoms with Crippen molar-refractivity contribution in [3.63, 3.8) is 0 Å². The van der Waals surface area contributed by atoms with Crippen LogP contribution in [0.3, 0.4) is 0 Å². The van der Waals surface area contributed by atoms with E-state index in [9.17, 15) is 14.4 Å². The zero-order valence-corrected chi connectivity index (χ0v) is 19.3. The van der Waals surface area contributed by atoms with E-state index in [1.807, 2.05) is 38.1 Å². The molecule has 0 aliphatic heterocycles. The van der Waals surface area contributed by atoms with Gasteiger partial charge in [0, 0.05) is 28.7 Å². The Balaban J connectivity index is 1.48. The maximum Gasteiger partial charge on any atom is 0.305 e. The van der Waals surface area contributed by atoms with Crippen LogP contribution in [0, 0.1) is 20.8 Å². The van der Waals surface area contributed by atoms with Gasteiger partial charge in [0.05, 0.1) is 5.71 Å². The normalized spacial score (nSPS) is 13.8. The number of hydrogen-bond acceptors (Lipinski definition) is 5. The monoisotopic (exact) mass is 458 g/mol. The molecule has 174 valence electrons. The zero-order chi connectivity index (χ0) is 24.2. The number of hydrogen-bond donors (Lipinski definition) is 3. The number of nitrogens with zero attached hydrogens (tertiary/aromatic N) is 1. The van der Waals surface area contributed by atoms with Crippen LogP contribution >= 0.6 is 0 Å². The molecule has 0 radical (unpaired) electrons. The Morgan fingerprint density at radius 3 is 2.29 bits per heavy atom. The molecule has 0 unspecified atom stereocenters. The van der Waals surface area contributed by atoms with E-state index in [0.717, 1.165) is 23.1 Å². The summed E-state index contributed by atoms with van der Waals surface area (Å²) in [7, 11) is 0. The van der Waals surface area contributed by atoms with Crippen molar-refractivity contribution in [3.8, 4) is 0 Å². The van der Waals surface area contributed by atoms with E-state index < -0.39 is 11.8 Å². The van der Waals surface area contributed by atoms with Gasteiger partial charge in [-0.25, -0.2) is 5.43 Å². The van der Waals surface area contributed by atoms with Crippen molar-refractivity contribution in [2.75, 3.05) is 0 Å². The SMILES string of the molecule is Cc1ccc(C(=O)NNC(=O)c2oc3c(c2C)/C(=N/NC(=O)c2cccc(C)c2)CCC3)cc1. The van der Waals surface area contributed by atoms with Crippen LogP contribution in [0.5, 0.6) is 0 Å². The molecule has 0 atom stereocenters. The second-order valence-corrected chi connectivity index (χ2v) is 8.35. The standard InChI is InChI=1S/C26H26N4O4/c1-15-10-12-18(13-11-15)24(31)29-30-26(33)23-17(3)22-20(8-5-9-21(22)34-23)27-28-25(32)19-7-4-6-16(2)14-19/h4,6-7,10-14H,5,8-9H2,1-3H3,(H,28,32)(H,29,31)(H,30,33)/b27-20+. The van der Waals surface area contributed by atoms with Crippen LogP contribution < -0.4 is 16.3 Å². The molecule has 8 nitrogen and oxygen atoms in total. The number of amides is 3. The van der Waals surface area contributed by atoms with Gasteiger partial charge in [-0.05, 0) is 57.9 Å². The lowest BCUT2D eigenvalue weighted by atomic mass is 9.93. The van der Waals surface area contributed by atoms with E-state index >= 15 is 0 Å². The number of carbonyl (C=O) groups is 3. The Morgan fingerprint density at radius 2 is 1.56 bits per heavy atom. The Morgan fingerprint density at radius 1 is 0.824 bits per heavy atom. The smallest absolute Gasteiger partial charge is 0.305 e. The molecule has 0 saturated heterocycles. The quantitative estimate of drug-likeness (QED) is 0.517. The molecule has 2 aromatic carbocycles. The fourth-order valence-corrected chi connectivity index (χ4v) is 3.91. The summed E-state index contributed by atoms with van der Waals surface area (Å²) in [6.45, 7) is 5.61. The van der Waals surface area contributed by atoms with Crippen molar-refractivity contribution in [1.82, 2.24) is 16.3 Å². The number of aryl methyl sites for hydroxylation is 3. The molecule has 1 aromatic heterocycles. The molecule has 1 aliphatic rings. The highest BCUT2D eigenvalue weighted by atomic mass is 16.4. The Kier molecular flexibility index (Phi) is 6.58. The van der Waals surface area contributed by atoms with Gasteiger partial charge in [-0.1, -0.05) is 35.4 Å². The van der Waals surface area contributed by atoms with Gasteiger partial charge in [-0.15, -0.1) is 0 Å². The van der Waals surface area contributed by atoms with E-state index in [1.165, 1.54) is 0 Å². The lowest BCUT2D eigenvalue weighted by Gasteiger charge is -2.13. The van der Waals surface area contributed by atoms with Gasteiger partial charge in [0.15, 0.2) is 5.76 Å². The minimum atomic E-state index is -0.560. The van der Waals surface area contributed by atoms with Gasteiger partial charge in [-0.2, -0.15) is 5.10 Å². The molecule has 8 heteroatoms. The van der Waals surface area contributed by atoms with Crippen molar-refractivity contribution in [3.05, 3.63) is 93.4 Å². The summed E-state index contributed by atoms with van der Waals surface area (Å²) in [5.74, 6) is -0.545. The molecule has 4 rings (SSSR count). The Labute approximate surface area is 197 Å². The van der Waals surface area contributed by atoms with Crippen molar-refractivity contribution in [2.45, 2.75) is 40.0 Å². The average Bonchev–Trinajstić information content (AvgIpc) is 3.18. The Bertz CT molecular complexity index is 1290. The molecule has 0 fully saturated rings. The van der Waals surface area contributed by atoms with Crippen LogP contribution in [0.2, 0.25) is 0 Å². The lowest BCUT2D eigenvalue weighted by Crippen LogP contribution is -2.41. The predicted molar refractivity (Wildman–Crippen MR) is 128 cm³/mol. The fourth-order valence-electron chi connectivity index (χ4n) is 3.91. The number of carbonyl (C=O) groups excluding carboxylic acids is 3. The largest absolute Gasteiger partial charge is 0.455 e. The molecule has 3 amide bonds. The topological polar surface area (TPSA) is 113 Å². The van der Waals surface area contributed by atoms with E-state index in [2.05, 4.69) is 21.4 Å². The van der Waals surface area contributed by atoms with E-state index in [0.29, 0.717) is 41.0 Å². The number of rotatable bonds is 4. The maximum atomic E-state index is 12.7. The highest BCUT2D eigenvalue weighted by Crippen LogP contribution is 2.29. The molecule has 1 heterocycles. The van der Waals surface area contributed by atoms with E-state index in [-0.39, 0.29) is 11.7 Å². The summed E-state index contributed by atoms with van der Waals surface area (Å²) >= 11 is 0. The van der Waals surface area contributed by atoms with Gasteiger partial charge >= 0.3 is 5.91 Å². The van der Waals surface area contributed by atoms with Crippen molar-refractivity contribution in [2.24, 2.45) is 5.10 Å². The van der Waals surface area contributed by atoms with Gasteiger partial charge in [0.25, 0.3) is 11.8 Å². The first-order valence-corrected chi connectivity index (χ1v) is 11.1. The summed E-state index contributed by atoms with van der Waals surface area (Å²) in [6.07, 6.45) is 2.08. The van der Waals surface area contributed by atoms with Gasteiger partial charge in [0.2, 0.25) is 0 Å². The highest BCUT2D eigenvalue weighted by Gasteiger charge is 2.28. The minimum Gasteiger partial charge on any atom is -0.455 e. The number of hydrazine groups is 1. The molecule has 0 bridgehead atoms. The first-order valence-electron chi connectivity index (χ1n) is 11.1. The molecular weight excluding hydrogens is 432 g/mol. The third-order valence-electron chi connectivity index (χ3n) is 5.71. The number of furan rings is 1. The van der Waals surface area contributed by atoms with E-state index in [4.69, 9.17) is 4.42 Å². The van der Waals surface area contributed by atoms with Crippen LogP contribution in [0.25, 0.3) is 0 Å². The maximum absolute atomic E-state index is 12.7. The summed E-state index contributed by atoms with van der Waals surface area (Å²) in [4.78, 5) is 37.5. The molecule has 34 heavy (non-hydrogen) atoms. The number of hydrazone groups is 1. The van der Waals surface area contributed by atoms with Crippen molar-refractivity contribution < 1.29 is 18.8 Å². The summed E-state index contributed by atoms with van der Waals surface area (Å²) in [5.41, 5.74) is 12.4. The number of nitrogens with one attached hydrogen (secondary N) is 3. The third-order valence-corrected chi connectivity index (χ3v) is 5.71. The van der Waals surface area contributed by atoms with Crippen LogP contribution in [-0.4, -0.2) is 23.4 Å². The van der Waals surface area contributed by atoms with Crippen molar-refractivity contribution >= 4 is 23.4 Å². The second-order valence-electron chi connectivity index (χ2n) is 8.35. The zero-order valence-electron chi connectivity index (χ0n) is 19.3. The molecule has 1 aliphatic carbocycles. The molecule has 3 N–H and O–H groups in total. The minimum absolute atomic E-state index is 0.105. The molecular formula is C26H26N4O4. The molecule has 0 spiro atoms. The second kappa shape index (κ2) is 9.74. The van der Waals surface area contributed by atoms with Crippen molar-refractivity contribution in [1.29, 1.82) is 0 Å². The van der Waals surface area contributed by atoms with Gasteiger partial charge in [0.1, 0.15) is 5.76 Å². The summed E-state index contributed by atoms with van der Waals surface area (Å²) in [6, 6.07) is 14.3. The predicted octanol–water partition coefficient (Wildman–Crippen LogP) is 3.75. The average molecular weight is 459 g/mol. The van der Waals surface area contributed by atoms with Crippen LogP contribution in [0.1, 0.15) is 72.1 Å². The first-order chi connectivity index (χ1) is 16.3. The summed E-state index contributed by atoms with van der Waals surface area (Å²) < 4.78 is 5.83. The van der Waals surface area contributed by atoms with Crippen LogP contribution in [0.15, 0.2) is 58.0 Å². The van der Waals surface area contributed by atoms with Crippen LogP contribution in [-0.2, 0) is 6.42 Å². The number of benzene rings is 2. The third kappa shape index (κ3) is 4.91. The Hall–Kier alpha value is -4.20.